The van der Waals surface area contributed by atoms with Crippen molar-refractivity contribution >= 4 is 10.8 Å². The van der Waals surface area contributed by atoms with Crippen molar-refractivity contribution in [2.75, 3.05) is 7.11 Å². The first-order valence-corrected chi connectivity index (χ1v) is 6.30. The van der Waals surface area contributed by atoms with E-state index in [9.17, 15) is 13.2 Å². The van der Waals surface area contributed by atoms with E-state index in [-0.39, 0.29) is 6.42 Å². The lowest BCUT2D eigenvalue weighted by Gasteiger charge is -2.19. The van der Waals surface area contributed by atoms with E-state index in [1.54, 1.807) is 6.07 Å². The molecule has 2 nitrogen and oxygen atoms in total. The van der Waals surface area contributed by atoms with Gasteiger partial charge in [0.05, 0.1) is 7.11 Å². The van der Waals surface area contributed by atoms with Crippen LogP contribution in [-0.4, -0.2) is 13.3 Å². The molecule has 0 aliphatic rings. The van der Waals surface area contributed by atoms with Crippen molar-refractivity contribution in [2.24, 2.45) is 5.73 Å². The highest BCUT2D eigenvalue weighted by Crippen LogP contribution is 2.35. The molecule has 20 heavy (non-hydrogen) atoms. The number of benzene rings is 2. The lowest BCUT2D eigenvalue weighted by Crippen LogP contribution is -2.16. The minimum Gasteiger partial charge on any atom is -0.496 e. The number of hydrogen-bond acceptors (Lipinski definition) is 2. The molecule has 0 aromatic heterocycles. The fraction of sp³-hybridized carbons (Fsp3) is 0.333. The van der Waals surface area contributed by atoms with Crippen LogP contribution in [0.5, 0.6) is 5.75 Å². The first-order chi connectivity index (χ1) is 9.42. The average Bonchev–Trinajstić information content (AvgIpc) is 2.42. The minimum atomic E-state index is -4.20. The van der Waals surface area contributed by atoms with E-state index in [4.69, 9.17) is 10.5 Å². The summed E-state index contributed by atoms with van der Waals surface area (Å²) in [5, 5.41) is 1.77. The van der Waals surface area contributed by atoms with E-state index < -0.39 is 18.6 Å². The van der Waals surface area contributed by atoms with Gasteiger partial charge in [-0.25, -0.2) is 0 Å². The summed E-state index contributed by atoms with van der Waals surface area (Å²) in [7, 11) is 1.49. The van der Waals surface area contributed by atoms with Gasteiger partial charge in [0.1, 0.15) is 5.75 Å². The molecule has 0 aliphatic carbocycles. The van der Waals surface area contributed by atoms with Gasteiger partial charge >= 0.3 is 6.18 Å². The Bertz CT molecular complexity index is 595. The number of ether oxygens (including phenoxy) is 1. The summed E-state index contributed by atoms with van der Waals surface area (Å²) < 4.78 is 42.3. The molecule has 0 radical (unpaired) electrons. The van der Waals surface area contributed by atoms with E-state index in [1.807, 2.05) is 30.3 Å². The van der Waals surface area contributed by atoms with Gasteiger partial charge in [-0.05, 0) is 23.3 Å². The van der Waals surface area contributed by atoms with Crippen molar-refractivity contribution < 1.29 is 17.9 Å². The van der Waals surface area contributed by atoms with E-state index in [1.165, 1.54) is 7.11 Å². The molecular weight excluding hydrogens is 267 g/mol. The highest BCUT2D eigenvalue weighted by molar-refractivity contribution is 5.88. The van der Waals surface area contributed by atoms with Gasteiger partial charge in [0.25, 0.3) is 0 Å². The third-order valence-electron chi connectivity index (χ3n) is 3.26. The number of halogens is 3. The van der Waals surface area contributed by atoms with Crippen molar-refractivity contribution in [3.8, 4) is 5.75 Å². The number of nitrogens with two attached hydrogens (primary N) is 1. The van der Waals surface area contributed by atoms with Crippen LogP contribution in [0.3, 0.4) is 0 Å². The predicted molar refractivity (Wildman–Crippen MR) is 72.7 cm³/mol. The Kier molecular flexibility index (Phi) is 4.18. The maximum absolute atomic E-state index is 12.3. The Morgan fingerprint density at radius 2 is 1.85 bits per heavy atom. The summed E-state index contributed by atoms with van der Waals surface area (Å²) in [6, 6.07) is 10.4. The van der Waals surface area contributed by atoms with E-state index in [2.05, 4.69) is 0 Å². The van der Waals surface area contributed by atoms with Crippen LogP contribution in [0.4, 0.5) is 13.2 Å². The summed E-state index contributed by atoms with van der Waals surface area (Å²) in [6.45, 7) is 0. The highest BCUT2D eigenvalue weighted by atomic mass is 19.4. The van der Waals surface area contributed by atoms with Gasteiger partial charge in [0, 0.05) is 18.0 Å². The standard InChI is InChI=1S/C15H16F3NO/c1-20-13-7-6-10-4-2-3-5-11(10)14(13)12(19)8-9-15(16,17)18/h2-7,12H,8-9,19H2,1H3/t12-/m0/s1. The zero-order chi connectivity index (χ0) is 14.8. The molecule has 0 amide bonds. The van der Waals surface area contributed by atoms with Crippen LogP contribution in [0.2, 0.25) is 0 Å². The van der Waals surface area contributed by atoms with Gasteiger partial charge in [-0.15, -0.1) is 0 Å². The SMILES string of the molecule is COc1ccc2ccccc2c1[C@@H](N)CCC(F)(F)F. The molecule has 0 fully saturated rings. The van der Waals surface area contributed by atoms with Gasteiger partial charge in [0.2, 0.25) is 0 Å². The first-order valence-electron chi connectivity index (χ1n) is 6.30. The van der Waals surface area contributed by atoms with E-state index in [0.717, 1.165) is 10.8 Å². The van der Waals surface area contributed by atoms with Crippen molar-refractivity contribution in [1.82, 2.24) is 0 Å². The van der Waals surface area contributed by atoms with E-state index >= 15 is 0 Å². The molecule has 2 rings (SSSR count). The molecule has 0 heterocycles. The maximum Gasteiger partial charge on any atom is 0.389 e. The molecule has 0 bridgehead atoms. The van der Waals surface area contributed by atoms with Crippen LogP contribution in [0.15, 0.2) is 36.4 Å². The molecule has 5 heteroatoms. The highest BCUT2D eigenvalue weighted by Gasteiger charge is 2.28. The molecule has 108 valence electrons. The largest absolute Gasteiger partial charge is 0.496 e. The quantitative estimate of drug-likeness (QED) is 0.913. The molecule has 2 aromatic carbocycles. The van der Waals surface area contributed by atoms with Gasteiger partial charge in [-0.3, -0.25) is 0 Å². The van der Waals surface area contributed by atoms with Crippen LogP contribution >= 0.6 is 0 Å². The topological polar surface area (TPSA) is 35.2 Å². The molecule has 0 spiro atoms. The molecule has 0 unspecified atom stereocenters. The fourth-order valence-electron chi connectivity index (χ4n) is 2.30. The third-order valence-corrected chi connectivity index (χ3v) is 3.26. The normalized spacial score (nSPS) is 13.4. The molecule has 2 aromatic rings. The molecule has 2 N–H and O–H groups in total. The second-order valence-electron chi connectivity index (χ2n) is 4.66. The van der Waals surface area contributed by atoms with Gasteiger partial charge in [0.15, 0.2) is 0 Å². The molecule has 0 saturated carbocycles. The predicted octanol–water partition coefficient (Wildman–Crippen LogP) is 4.19. The molecule has 0 saturated heterocycles. The van der Waals surface area contributed by atoms with Crippen molar-refractivity contribution in [2.45, 2.75) is 25.1 Å². The van der Waals surface area contributed by atoms with Crippen molar-refractivity contribution in [3.63, 3.8) is 0 Å². The zero-order valence-corrected chi connectivity index (χ0v) is 11.1. The average molecular weight is 283 g/mol. The number of hydrogen-bond donors (Lipinski definition) is 1. The Balaban J connectivity index is 2.40. The molecular formula is C15H16F3NO. The van der Waals surface area contributed by atoms with Crippen LogP contribution in [-0.2, 0) is 0 Å². The van der Waals surface area contributed by atoms with Crippen LogP contribution in [0, 0.1) is 0 Å². The Morgan fingerprint density at radius 3 is 2.50 bits per heavy atom. The zero-order valence-electron chi connectivity index (χ0n) is 11.1. The van der Waals surface area contributed by atoms with Gasteiger partial charge < -0.3 is 10.5 Å². The maximum atomic E-state index is 12.3. The molecule has 1 atom stereocenters. The number of methoxy groups -OCH3 is 1. The Hall–Kier alpha value is -1.75. The van der Waals surface area contributed by atoms with Crippen LogP contribution in [0.25, 0.3) is 10.8 Å². The summed E-state index contributed by atoms with van der Waals surface area (Å²) in [6.07, 6.45) is -5.26. The number of fused-ring (bicyclic) bond motifs is 1. The number of rotatable bonds is 4. The summed E-state index contributed by atoms with van der Waals surface area (Å²) in [4.78, 5) is 0. The third kappa shape index (κ3) is 3.22. The Morgan fingerprint density at radius 1 is 1.15 bits per heavy atom. The summed E-state index contributed by atoms with van der Waals surface area (Å²) in [5.41, 5.74) is 6.60. The number of alkyl halides is 3. The first kappa shape index (κ1) is 14.7. The van der Waals surface area contributed by atoms with Gasteiger partial charge in [-0.2, -0.15) is 13.2 Å². The van der Waals surface area contributed by atoms with Crippen LogP contribution in [0.1, 0.15) is 24.4 Å². The monoisotopic (exact) mass is 283 g/mol. The second-order valence-corrected chi connectivity index (χ2v) is 4.66. The fourth-order valence-corrected chi connectivity index (χ4v) is 2.30. The summed E-state index contributed by atoms with van der Waals surface area (Å²) in [5.74, 6) is 0.526. The van der Waals surface area contributed by atoms with Crippen LogP contribution < -0.4 is 10.5 Å². The second kappa shape index (κ2) is 5.71. The Labute approximate surface area is 115 Å². The van der Waals surface area contributed by atoms with Crippen molar-refractivity contribution in [3.05, 3.63) is 42.0 Å². The minimum absolute atomic E-state index is 0.159. The lowest BCUT2D eigenvalue weighted by atomic mass is 9.95. The lowest BCUT2D eigenvalue weighted by molar-refractivity contribution is -0.136. The van der Waals surface area contributed by atoms with Gasteiger partial charge in [-0.1, -0.05) is 30.3 Å². The smallest absolute Gasteiger partial charge is 0.389 e. The summed E-state index contributed by atoms with van der Waals surface area (Å²) >= 11 is 0. The van der Waals surface area contributed by atoms with Crippen molar-refractivity contribution in [1.29, 1.82) is 0 Å². The van der Waals surface area contributed by atoms with E-state index in [0.29, 0.717) is 11.3 Å². The molecule has 0 aliphatic heterocycles.